The summed E-state index contributed by atoms with van der Waals surface area (Å²) in [5, 5.41) is 12.1. The lowest BCUT2D eigenvalue weighted by Gasteiger charge is -2.14. The van der Waals surface area contributed by atoms with Crippen molar-refractivity contribution in [1.82, 2.24) is 9.97 Å². The first kappa shape index (κ1) is 11.3. The minimum Gasteiger partial charge on any atom is -0.505 e. The zero-order chi connectivity index (χ0) is 12.3. The standard InChI is InChI=1S/C12H12FN3O/c1-8(11-7-14-4-5-15-11)16-9-2-3-12(17)10(13)6-9/h2-8,16-17H,1H3. The third-order valence-electron chi connectivity index (χ3n) is 2.36. The van der Waals surface area contributed by atoms with E-state index >= 15 is 0 Å². The van der Waals surface area contributed by atoms with E-state index in [-0.39, 0.29) is 11.8 Å². The number of halogens is 1. The Hall–Kier alpha value is -2.17. The Morgan fingerprint density at radius 2 is 2.18 bits per heavy atom. The number of aromatic nitrogens is 2. The SMILES string of the molecule is CC(Nc1ccc(O)c(F)c1)c1cnccn1. The zero-order valence-electron chi connectivity index (χ0n) is 9.26. The van der Waals surface area contributed by atoms with Gasteiger partial charge in [-0.3, -0.25) is 9.97 Å². The molecule has 0 aliphatic heterocycles. The van der Waals surface area contributed by atoms with Crippen molar-refractivity contribution in [3.63, 3.8) is 0 Å². The van der Waals surface area contributed by atoms with Crippen molar-refractivity contribution in [2.75, 3.05) is 5.32 Å². The Balaban J connectivity index is 2.13. The lowest BCUT2D eigenvalue weighted by molar-refractivity contribution is 0.432. The first-order valence-electron chi connectivity index (χ1n) is 5.18. The number of anilines is 1. The van der Waals surface area contributed by atoms with E-state index in [0.29, 0.717) is 5.69 Å². The maximum Gasteiger partial charge on any atom is 0.166 e. The summed E-state index contributed by atoms with van der Waals surface area (Å²) < 4.78 is 13.1. The summed E-state index contributed by atoms with van der Waals surface area (Å²) in [6.45, 7) is 1.90. The highest BCUT2D eigenvalue weighted by atomic mass is 19.1. The minimum atomic E-state index is -0.652. The van der Waals surface area contributed by atoms with Crippen LogP contribution in [0.1, 0.15) is 18.7 Å². The third kappa shape index (κ3) is 2.69. The lowest BCUT2D eigenvalue weighted by Crippen LogP contribution is -2.08. The average Bonchev–Trinajstić information content (AvgIpc) is 2.35. The highest BCUT2D eigenvalue weighted by Crippen LogP contribution is 2.22. The fraction of sp³-hybridized carbons (Fsp3) is 0.167. The molecule has 5 heteroatoms. The zero-order valence-corrected chi connectivity index (χ0v) is 9.26. The summed E-state index contributed by atoms with van der Waals surface area (Å²) in [5.74, 6) is -1.01. The fourth-order valence-electron chi connectivity index (χ4n) is 1.45. The largest absolute Gasteiger partial charge is 0.505 e. The number of rotatable bonds is 3. The van der Waals surface area contributed by atoms with E-state index in [0.717, 1.165) is 5.69 Å². The Morgan fingerprint density at radius 3 is 2.82 bits per heavy atom. The molecule has 0 amide bonds. The summed E-state index contributed by atoms with van der Waals surface area (Å²) in [6, 6.07) is 4.06. The molecule has 1 atom stereocenters. The van der Waals surface area contributed by atoms with Gasteiger partial charge in [0.05, 0.1) is 17.9 Å². The number of nitrogens with one attached hydrogen (secondary N) is 1. The van der Waals surface area contributed by atoms with Crippen molar-refractivity contribution in [3.8, 4) is 5.75 Å². The van der Waals surface area contributed by atoms with E-state index in [4.69, 9.17) is 5.11 Å². The molecule has 0 radical (unpaired) electrons. The molecule has 88 valence electrons. The van der Waals surface area contributed by atoms with Gasteiger partial charge in [0.2, 0.25) is 0 Å². The molecule has 2 N–H and O–H groups in total. The van der Waals surface area contributed by atoms with Crippen molar-refractivity contribution < 1.29 is 9.50 Å². The predicted octanol–water partition coefficient (Wildman–Crippen LogP) is 2.49. The normalized spacial score (nSPS) is 12.1. The monoisotopic (exact) mass is 233 g/mol. The van der Waals surface area contributed by atoms with Crippen LogP contribution in [0.2, 0.25) is 0 Å². The van der Waals surface area contributed by atoms with Gasteiger partial charge in [0.15, 0.2) is 11.6 Å². The maximum absolute atomic E-state index is 13.1. The van der Waals surface area contributed by atoms with Gasteiger partial charge in [-0.2, -0.15) is 0 Å². The summed E-state index contributed by atoms with van der Waals surface area (Å²) in [5.41, 5.74) is 1.35. The Labute approximate surface area is 98.2 Å². The Kier molecular flexibility index (Phi) is 3.18. The summed E-state index contributed by atoms with van der Waals surface area (Å²) in [4.78, 5) is 8.11. The second-order valence-electron chi connectivity index (χ2n) is 3.66. The number of aromatic hydroxyl groups is 1. The highest BCUT2D eigenvalue weighted by Gasteiger charge is 2.08. The predicted molar refractivity (Wildman–Crippen MR) is 62.1 cm³/mol. The van der Waals surface area contributed by atoms with Gasteiger partial charge in [0.1, 0.15) is 0 Å². The molecule has 0 aliphatic rings. The third-order valence-corrected chi connectivity index (χ3v) is 2.36. The van der Waals surface area contributed by atoms with Crippen LogP contribution in [0.5, 0.6) is 5.75 Å². The molecule has 0 spiro atoms. The van der Waals surface area contributed by atoms with Crippen LogP contribution in [0.25, 0.3) is 0 Å². The van der Waals surface area contributed by atoms with Crippen molar-refractivity contribution in [2.45, 2.75) is 13.0 Å². The van der Waals surface area contributed by atoms with Crippen molar-refractivity contribution in [3.05, 3.63) is 48.3 Å². The lowest BCUT2D eigenvalue weighted by atomic mass is 10.2. The number of phenols is 1. The van der Waals surface area contributed by atoms with Crippen LogP contribution in [0.15, 0.2) is 36.8 Å². The quantitative estimate of drug-likeness (QED) is 0.800. The van der Waals surface area contributed by atoms with Crippen LogP contribution in [0, 0.1) is 5.82 Å². The van der Waals surface area contributed by atoms with Gasteiger partial charge < -0.3 is 10.4 Å². The van der Waals surface area contributed by atoms with Gasteiger partial charge in [0, 0.05) is 24.1 Å². The Morgan fingerprint density at radius 1 is 1.35 bits per heavy atom. The van der Waals surface area contributed by atoms with Crippen molar-refractivity contribution in [1.29, 1.82) is 0 Å². The van der Waals surface area contributed by atoms with E-state index in [9.17, 15) is 4.39 Å². The molecule has 0 fully saturated rings. The summed E-state index contributed by atoms with van der Waals surface area (Å²) in [7, 11) is 0. The topological polar surface area (TPSA) is 58.0 Å². The molecular weight excluding hydrogens is 221 g/mol. The molecule has 1 aromatic heterocycles. The molecule has 0 aliphatic carbocycles. The smallest absolute Gasteiger partial charge is 0.166 e. The number of phenolic OH excluding ortho intramolecular Hbond substituents is 1. The molecule has 17 heavy (non-hydrogen) atoms. The number of benzene rings is 1. The number of hydrogen-bond acceptors (Lipinski definition) is 4. The van der Waals surface area contributed by atoms with Crippen molar-refractivity contribution in [2.24, 2.45) is 0 Å². The van der Waals surface area contributed by atoms with E-state index in [2.05, 4.69) is 15.3 Å². The Bertz CT molecular complexity index is 504. The second-order valence-corrected chi connectivity index (χ2v) is 3.66. The van der Waals surface area contributed by atoms with Gasteiger partial charge in [-0.05, 0) is 19.1 Å². The van der Waals surface area contributed by atoms with E-state index in [1.54, 1.807) is 24.7 Å². The van der Waals surface area contributed by atoms with E-state index in [1.165, 1.54) is 12.1 Å². The minimum absolute atomic E-state index is 0.0901. The molecular formula is C12H12FN3O. The fourth-order valence-corrected chi connectivity index (χ4v) is 1.45. The average molecular weight is 233 g/mol. The number of hydrogen-bond donors (Lipinski definition) is 2. The van der Waals surface area contributed by atoms with Gasteiger partial charge in [-0.15, -0.1) is 0 Å². The first-order valence-corrected chi connectivity index (χ1v) is 5.18. The highest BCUT2D eigenvalue weighted by molar-refractivity contribution is 5.48. The summed E-state index contributed by atoms with van der Waals surface area (Å²) >= 11 is 0. The van der Waals surface area contributed by atoms with Crippen LogP contribution in [0.4, 0.5) is 10.1 Å². The number of nitrogens with zero attached hydrogens (tertiary/aromatic N) is 2. The maximum atomic E-state index is 13.1. The molecule has 4 nitrogen and oxygen atoms in total. The van der Waals surface area contributed by atoms with Crippen LogP contribution >= 0.6 is 0 Å². The van der Waals surface area contributed by atoms with Crippen LogP contribution in [-0.2, 0) is 0 Å². The van der Waals surface area contributed by atoms with E-state index in [1.807, 2.05) is 6.92 Å². The van der Waals surface area contributed by atoms with Gasteiger partial charge in [-0.1, -0.05) is 0 Å². The summed E-state index contributed by atoms with van der Waals surface area (Å²) in [6.07, 6.45) is 4.84. The van der Waals surface area contributed by atoms with Gasteiger partial charge in [0.25, 0.3) is 0 Å². The van der Waals surface area contributed by atoms with Crippen molar-refractivity contribution >= 4 is 5.69 Å². The van der Waals surface area contributed by atoms with E-state index < -0.39 is 5.82 Å². The second kappa shape index (κ2) is 4.78. The molecule has 2 aromatic rings. The van der Waals surface area contributed by atoms with Crippen LogP contribution < -0.4 is 5.32 Å². The molecule has 1 aromatic carbocycles. The van der Waals surface area contributed by atoms with Crippen LogP contribution in [-0.4, -0.2) is 15.1 Å². The first-order chi connectivity index (χ1) is 8.16. The van der Waals surface area contributed by atoms with Gasteiger partial charge in [-0.25, -0.2) is 4.39 Å². The van der Waals surface area contributed by atoms with Gasteiger partial charge >= 0.3 is 0 Å². The molecule has 1 heterocycles. The molecule has 0 saturated carbocycles. The van der Waals surface area contributed by atoms with Crippen LogP contribution in [0.3, 0.4) is 0 Å². The molecule has 2 rings (SSSR count). The molecule has 1 unspecified atom stereocenters. The molecule has 0 bridgehead atoms. The molecule has 0 saturated heterocycles.